The van der Waals surface area contributed by atoms with Crippen LogP contribution in [-0.2, 0) is 17.4 Å². The molecule has 3 aromatic rings. The molecule has 1 N–H and O–H groups in total. The van der Waals surface area contributed by atoms with Gasteiger partial charge >= 0.3 is 11.8 Å². The smallest absolute Gasteiger partial charge is 0.416 e. The van der Waals surface area contributed by atoms with Crippen molar-refractivity contribution in [2.45, 2.75) is 19.5 Å². The summed E-state index contributed by atoms with van der Waals surface area (Å²) >= 11 is 0. The molecule has 0 saturated heterocycles. The lowest BCUT2D eigenvalue weighted by atomic mass is 10.1. The molecular weight excluding hydrogens is 375 g/mol. The van der Waals surface area contributed by atoms with Crippen molar-refractivity contribution in [1.29, 1.82) is 0 Å². The zero-order chi connectivity index (χ0) is 20.3. The molecular formula is C20H16F3NO4. The van der Waals surface area contributed by atoms with Crippen LogP contribution in [0.3, 0.4) is 0 Å². The Morgan fingerprint density at radius 1 is 1.11 bits per heavy atom. The first-order valence-electron chi connectivity index (χ1n) is 8.43. The zero-order valence-corrected chi connectivity index (χ0v) is 14.8. The fourth-order valence-electron chi connectivity index (χ4n) is 2.68. The van der Waals surface area contributed by atoms with E-state index in [1.54, 1.807) is 12.1 Å². The number of amides is 1. The van der Waals surface area contributed by atoms with Gasteiger partial charge in [0, 0.05) is 23.2 Å². The van der Waals surface area contributed by atoms with Crippen molar-refractivity contribution in [1.82, 2.24) is 0 Å². The minimum absolute atomic E-state index is 0.221. The van der Waals surface area contributed by atoms with Crippen molar-refractivity contribution in [3.8, 4) is 5.75 Å². The molecule has 0 aliphatic heterocycles. The number of anilines is 1. The van der Waals surface area contributed by atoms with Crippen LogP contribution in [0.1, 0.15) is 18.1 Å². The summed E-state index contributed by atoms with van der Waals surface area (Å²) in [6.45, 7) is 1.56. The second kappa shape index (κ2) is 7.75. The van der Waals surface area contributed by atoms with E-state index in [4.69, 9.17) is 9.15 Å². The molecule has 0 aliphatic rings. The molecule has 0 radical (unpaired) electrons. The molecule has 146 valence electrons. The van der Waals surface area contributed by atoms with Gasteiger partial charge < -0.3 is 14.5 Å². The summed E-state index contributed by atoms with van der Waals surface area (Å²) < 4.78 is 48.2. The van der Waals surface area contributed by atoms with E-state index in [1.807, 2.05) is 6.92 Å². The summed E-state index contributed by atoms with van der Waals surface area (Å²) in [6.07, 6.45) is -3.77. The molecule has 0 saturated carbocycles. The van der Waals surface area contributed by atoms with Gasteiger partial charge in [-0.2, -0.15) is 13.2 Å². The molecule has 1 heterocycles. The number of carbonyl (C=O) groups is 1. The molecule has 1 amide bonds. The van der Waals surface area contributed by atoms with Crippen LogP contribution < -0.4 is 15.7 Å². The second-order valence-electron chi connectivity index (χ2n) is 6.01. The molecule has 28 heavy (non-hydrogen) atoms. The van der Waals surface area contributed by atoms with Crippen LogP contribution in [-0.4, -0.2) is 12.5 Å². The van der Waals surface area contributed by atoms with Gasteiger partial charge in [-0.3, -0.25) is 4.79 Å². The lowest BCUT2D eigenvalue weighted by Crippen LogP contribution is -2.20. The van der Waals surface area contributed by atoms with E-state index in [-0.39, 0.29) is 12.3 Å². The normalized spacial score (nSPS) is 11.4. The summed E-state index contributed by atoms with van der Waals surface area (Å²) in [4.78, 5) is 23.5. The van der Waals surface area contributed by atoms with Crippen molar-refractivity contribution in [3.63, 3.8) is 0 Å². The molecule has 0 spiro atoms. The lowest BCUT2D eigenvalue weighted by Gasteiger charge is -2.10. The lowest BCUT2D eigenvalue weighted by molar-refractivity contribution is -0.137. The van der Waals surface area contributed by atoms with Gasteiger partial charge in [-0.25, -0.2) is 4.79 Å². The van der Waals surface area contributed by atoms with Gasteiger partial charge in [0.2, 0.25) is 0 Å². The monoisotopic (exact) mass is 391 g/mol. The summed E-state index contributed by atoms with van der Waals surface area (Å²) in [5.41, 5.74) is 0.147. The Balaban J connectivity index is 1.65. The van der Waals surface area contributed by atoms with E-state index in [9.17, 15) is 22.8 Å². The Bertz CT molecular complexity index is 1060. The number of rotatable bonds is 5. The number of hydrogen-bond acceptors (Lipinski definition) is 4. The Hall–Kier alpha value is -3.29. The first-order valence-corrected chi connectivity index (χ1v) is 8.43. The fourth-order valence-corrected chi connectivity index (χ4v) is 2.68. The molecule has 2 aromatic carbocycles. The van der Waals surface area contributed by atoms with Gasteiger partial charge in [-0.05, 0) is 48.4 Å². The predicted octanol–water partition coefficient (Wildman–Crippen LogP) is 4.39. The van der Waals surface area contributed by atoms with Crippen LogP contribution >= 0.6 is 0 Å². The predicted molar refractivity (Wildman–Crippen MR) is 97.4 cm³/mol. The number of alkyl halides is 3. The number of ether oxygens (including phenoxy) is 1. The summed E-state index contributed by atoms with van der Waals surface area (Å²) in [6, 6.07) is 10.4. The van der Waals surface area contributed by atoms with E-state index in [0.29, 0.717) is 17.8 Å². The third-order valence-electron chi connectivity index (χ3n) is 4.05. The summed E-state index contributed by atoms with van der Waals surface area (Å²) in [7, 11) is 0. The van der Waals surface area contributed by atoms with Crippen molar-refractivity contribution in [3.05, 3.63) is 70.1 Å². The number of aryl methyl sites for hydroxylation is 1. The third-order valence-corrected chi connectivity index (χ3v) is 4.05. The topological polar surface area (TPSA) is 68.5 Å². The molecule has 0 atom stereocenters. The quantitative estimate of drug-likeness (QED) is 0.655. The highest BCUT2D eigenvalue weighted by molar-refractivity contribution is 5.92. The van der Waals surface area contributed by atoms with Gasteiger partial charge in [0.05, 0.1) is 5.56 Å². The minimum Gasteiger partial charge on any atom is -0.484 e. The maximum Gasteiger partial charge on any atom is 0.416 e. The van der Waals surface area contributed by atoms with Crippen molar-refractivity contribution < 1.29 is 27.1 Å². The molecule has 0 aliphatic carbocycles. The van der Waals surface area contributed by atoms with E-state index in [0.717, 1.165) is 35.2 Å². The Kier molecular flexibility index (Phi) is 5.39. The van der Waals surface area contributed by atoms with Crippen molar-refractivity contribution in [2.75, 3.05) is 11.9 Å². The van der Waals surface area contributed by atoms with Crippen molar-refractivity contribution in [2.24, 2.45) is 0 Å². The van der Waals surface area contributed by atoms with Crippen molar-refractivity contribution >= 4 is 22.6 Å². The van der Waals surface area contributed by atoms with E-state index < -0.39 is 23.3 Å². The third kappa shape index (κ3) is 4.51. The SMILES string of the molecule is CCc1cc(=O)oc2cc(OCC(=O)Nc3ccc(C(F)(F)F)cc3)ccc12. The summed E-state index contributed by atoms with van der Waals surface area (Å²) in [5.74, 6) is -0.213. The maximum absolute atomic E-state index is 12.5. The molecule has 0 unspecified atom stereocenters. The number of fused-ring (bicyclic) bond motifs is 1. The van der Waals surface area contributed by atoms with Crippen LogP contribution in [0, 0.1) is 0 Å². The van der Waals surface area contributed by atoms with E-state index in [1.165, 1.54) is 12.1 Å². The molecule has 3 rings (SSSR count). The summed E-state index contributed by atoms with van der Waals surface area (Å²) in [5, 5.41) is 3.23. The highest BCUT2D eigenvalue weighted by Gasteiger charge is 2.29. The maximum atomic E-state index is 12.5. The van der Waals surface area contributed by atoms with Gasteiger partial charge in [0.15, 0.2) is 6.61 Å². The number of hydrogen-bond donors (Lipinski definition) is 1. The first kappa shape index (κ1) is 19.5. The second-order valence-corrected chi connectivity index (χ2v) is 6.01. The van der Waals surface area contributed by atoms with E-state index >= 15 is 0 Å². The Morgan fingerprint density at radius 2 is 1.82 bits per heavy atom. The largest absolute Gasteiger partial charge is 0.484 e. The van der Waals surface area contributed by atoms with E-state index in [2.05, 4.69) is 5.32 Å². The van der Waals surface area contributed by atoms with Crippen LogP contribution in [0.25, 0.3) is 11.0 Å². The van der Waals surface area contributed by atoms with Gasteiger partial charge in [0.25, 0.3) is 5.91 Å². The van der Waals surface area contributed by atoms with Crippen LogP contribution in [0.4, 0.5) is 18.9 Å². The molecule has 1 aromatic heterocycles. The average molecular weight is 391 g/mol. The van der Waals surface area contributed by atoms with Gasteiger partial charge in [0.1, 0.15) is 11.3 Å². The standard InChI is InChI=1S/C20H16F3NO4/c1-2-12-9-19(26)28-17-10-15(7-8-16(12)17)27-11-18(25)24-14-5-3-13(4-6-14)20(21,22)23/h3-10H,2,11H2,1H3,(H,24,25). The highest BCUT2D eigenvalue weighted by Crippen LogP contribution is 2.29. The zero-order valence-electron chi connectivity index (χ0n) is 14.8. The molecule has 0 fully saturated rings. The highest BCUT2D eigenvalue weighted by atomic mass is 19.4. The Morgan fingerprint density at radius 3 is 2.46 bits per heavy atom. The van der Waals surface area contributed by atoms with Crippen LogP contribution in [0.5, 0.6) is 5.75 Å². The number of nitrogens with one attached hydrogen (secondary N) is 1. The fraction of sp³-hybridized carbons (Fsp3) is 0.200. The minimum atomic E-state index is -4.44. The number of halogens is 3. The average Bonchev–Trinajstić information content (AvgIpc) is 2.65. The first-order chi connectivity index (χ1) is 13.3. The molecule has 5 nitrogen and oxygen atoms in total. The van der Waals surface area contributed by atoms with Crippen LogP contribution in [0.15, 0.2) is 57.7 Å². The van der Waals surface area contributed by atoms with Crippen LogP contribution in [0.2, 0.25) is 0 Å². The Labute approximate surface area is 157 Å². The number of benzene rings is 2. The number of carbonyl (C=O) groups excluding carboxylic acids is 1. The molecule has 8 heteroatoms. The van der Waals surface area contributed by atoms with Gasteiger partial charge in [-0.1, -0.05) is 6.92 Å². The molecule has 0 bridgehead atoms. The van der Waals surface area contributed by atoms with Gasteiger partial charge in [-0.15, -0.1) is 0 Å².